The van der Waals surface area contributed by atoms with Crippen molar-refractivity contribution in [2.45, 2.75) is 6.92 Å². The van der Waals surface area contributed by atoms with Gasteiger partial charge in [-0.05, 0) is 31.6 Å². The van der Waals surface area contributed by atoms with Gasteiger partial charge < -0.3 is 10.6 Å². The number of nitro benzene ring substituents is 1. The summed E-state index contributed by atoms with van der Waals surface area (Å²) in [5.41, 5.74) is 0.399. The highest BCUT2D eigenvalue weighted by atomic mass is 35.5. The third-order valence-corrected chi connectivity index (χ3v) is 2.67. The van der Waals surface area contributed by atoms with Crippen molar-refractivity contribution < 1.29 is 4.92 Å². The third kappa shape index (κ3) is 3.87. The number of halogens is 1. The van der Waals surface area contributed by atoms with Crippen molar-refractivity contribution in [2.24, 2.45) is 5.92 Å². The summed E-state index contributed by atoms with van der Waals surface area (Å²) < 4.78 is 0. The van der Waals surface area contributed by atoms with Crippen molar-refractivity contribution in [3.63, 3.8) is 0 Å². The van der Waals surface area contributed by atoms with Crippen LogP contribution in [0.25, 0.3) is 0 Å². The van der Waals surface area contributed by atoms with Gasteiger partial charge in [-0.2, -0.15) is 0 Å². The SMILES string of the molecule is CNCC(C)CNc1cccc(Cl)c1[N+](=O)[O-]. The molecule has 0 aliphatic rings. The minimum atomic E-state index is -0.465. The Morgan fingerprint density at radius 1 is 1.47 bits per heavy atom. The number of nitrogens with one attached hydrogen (secondary N) is 2. The molecule has 0 amide bonds. The number of nitro groups is 1. The summed E-state index contributed by atoms with van der Waals surface area (Å²) in [7, 11) is 1.87. The van der Waals surface area contributed by atoms with E-state index < -0.39 is 4.92 Å². The minimum absolute atomic E-state index is 0.0641. The molecule has 0 bridgehead atoms. The number of nitrogens with zero attached hydrogens (tertiary/aromatic N) is 1. The lowest BCUT2D eigenvalue weighted by Crippen LogP contribution is -2.23. The quantitative estimate of drug-likeness (QED) is 0.607. The molecule has 0 fully saturated rings. The Morgan fingerprint density at radius 2 is 2.18 bits per heavy atom. The Morgan fingerprint density at radius 3 is 2.76 bits per heavy atom. The fourth-order valence-electron chi connectivity index (χ4n) is 1.55. The molecule has 0 saturated carbocycles. The van der Waals surface area contributed by atoms with E-state index in [0.717, 1.165) is 6.54 Å². The third-order valence-electron chi connectivity index (χ3n) is 2.36. The van der Waals surface area contributed by atoms with E-state index in [0.29, 0.717) is 18.2 Å². The van der Waals surface area contributed by atoms with Gasteiger partial charge in [-0.15, -0.1) is 0 Å². The smallest absolute Gasteiger partial charge is 0.310 e. The Kier molecular flexibility index (Phi) is 5.18. The maximum absolute atomic E-state index is 10.9. The summed E-state index contributed by atoms with van der Waals surface area (Å²) in [5.74, 6) is 0.374. The Balaban J connectivity index is 2.77. The standard InChI is InChI=1S/C11H16ClN3O2/c1-8(6-13-2)7-14-10-5-3-4-9(12)11(10)15(16)17/h3-5,8,13-14H,6-7H2,1-2H3. The molecule has 0 saturated heterocycles. The van der Waals surface area contributed by atoms with E-state index in [9.17, 15) is 10.1 Å². The molecule has 0 spiro atoms. The highest BCUT2D eigenvalue weighted by molar-refractivity contribution is 6.33. The molecule has 0 aliphatic carbocycles. The molecule has 0 radical (unpaired) electrons. The first-order valence-corrected chi connectivity index (χ1v) is 5.75. The summed E-state index contributed by atoms with van der Waals surface area (Å²) in [6.45, 7) is 3.56. The summed E-state index contributed by atoms with van der Waals surface area (Å²) in [6.07, 6.45) is 0. The summed E-state index contributed by atoms with van der Waals surface area (Å²) in [5, 5.41) is 17.1. The number of anilines is 1. The van der Waals surface area contributed by atoms with E-state index in [1.54, 1.807) is 12.1 Å². The van der Waals surface area contributed by atoms with Crippen LogP contribution >= 0.6 is 11.6 Å². The number of para-hydroxylation sites is 1. The lowest BCUT2D eigenvalue weighted by atomic mass is 10.1. The van der Waals surface area contributed by atoms with Crippen LogP contribution in [0, 0.1) is 16.0 Å². The van der Waals surface area contributed by atoms with Crippen molar-refractivity contribution in [3.8, 4) is 0 Å². The zero-order valence-corrected chi connectivity index (χ0v) is 10.6. The second-order valence-corrected chi connectivity index (χ2v) is 4.34. The lowest BCUT2D eigenvalue weighted by molar-refractivity contribution is -0.383. The van der Waals surface area contributed by atoms with E-state index in [4.69, 9.17) is 11.6 Å². The van der Waals surface area contributed by atoms with E-state index in [-0.39, 0.29) is 10.7 Å². The van der Waals surface area contributed by atoms with Crippen molar-refractivity contribution in [1.82, 2.24) is 5.32 Å². The van der Waals surface area contributed by atoms with Crippen LogP contribution in [0.15, 0.2) is 18.2 Å². The Bertz CT molecular complexity index is 398. The van der Waals surface area contributed by atoms with E-state index in [2.05, 4.69) is 17.6 Å². The van der Waals surface area contributed by atoms with Gasteiger partial charge in [0.05, 0.1) is 4.92 Å². The van der Waals surface area contributed by atoms with Crippen molar-refractivity contribution in [3.05, 3.63) is 33.3 Å². The largest absolute Gasteiger partial charge is 0.379 e. The molecule has 5 nitrogen and oxygen atoms in total. The van der Waals surface area contributed by atoms with Crippen LogP contribution in [0.4, 0.5) is 11.4 Å². The highest BCUT2D eigenvalue weighted by Gasteiger charge is 2.18. The van der Waals surface area contributed by atoms with Crippen LogP contribution in [-0.2, 0) is 0 Å². The normalized spacial score (nSPS) is 12.2. The number of hydrogen-bond acceptors (Lipinski definition) is 4. The van der Waals surface area contributed by atoms with Crippen LogP contribution in [0.5, 0.6) is 0 Å². The van der Waals surface area contributed by atoms with Gasteiger partial charge in [0.15, 0.2) is 0 Å². The number of benzene rings is 1. The van der Waals surface area contributed by atoms with Gasteiger partial charge in [0, 0.05) is 6.54 Å². The molecule has 94 valence electrons. The molecular formula is C11H16ClN3O2. The zero-order valence-electron chi connectivity index (χ0n) is 9.87. The van der Waals surface area contributed by atoms with Crippen molar-refractivity contribution in [1.29, 1.82) is 0 Å². The van der Waals surface area contributed by atoms with Gasteiger partial charge >= 0.3 is 5.69 Å². The first-order valence-electron chi connectivity index (χ1n) is 5.37. The van der Waals surface area contributed by atoms with Crippen LogP contribution in [0.1, 0.15) is 6.92 Å². The van der Waals surface area contributed by atoms with Crippen molar-refractivity contribution >= 4 is 23.0 Å². The second-order valence-electron chi connectivity index (χ2n) is 3.94. The summed E-state index contributed by atoms with van der Waals surface area (Å²) >= 11 is 5.81. The molecule has 6 heteroatoms. The molecule has 1 aromatic carbocycles. The van der Waals surface area contributed by atoms with Crippen molar-refractivity contribution in [2.75, 3.05) is 25.5 Å². The van der Waals surface area contributed by atoms with Gasteiger partial charge in [0.2, 0.25) is 0 Å². The van der Waals surface area contributed by atoms with E-state index in [1.165, 1.54) is 6.07 Å². The molecule has 1 atom stereocenters. The highest BCUT2D eigenvalue weighted by Crippen LogP contribution is 2.32. The predicted octanol–water partition coefficient (Wildman–Crippen LogP) is 2.52. The zero-order chi connectivity index (χ0) is 12.8. The fourth-order valence-corrected chi connectivity index (χ4v) is 1.79. The molecule has 1 aromatic rings. The maximum Gasteiger partial charge on any atom is 0.310 e. The van der Waals surface area contributed by atoms with Crippen LogP contribution in [0.2, 0.25) is 5.02 Å². The van der Waals surface area contributed by atoms with Crippen LogP contribution in [0.3, 0.4) is 0 Å². The molecule has 0 aliphatic heterocycles. The van der Waals surface area contributed by atoms with Crippen LogP contribution in [-0.4, -0.2) is 25.1 Å². The molecular weight excluding hydrogens is 242 g/mol. The van der Waals surface area contributed by atoms with Gasteiger partial charge in [-0.1, -0.05) is 24.6 Å². The fraction of sp³-hybridized carbons (Fsp3) is 0.455. The average Bonchev–Trinajstić information content (AvgIpc) is 2.26. The Hall–Kier alpha value is -1.33. The molecule has 17 heavy (non-hydrogen) atoms. The Labute approximate surface area is 105 Å². The van der Waals surface area contributed by atoms with Gasteiger partial charge in [-0.25, -0.2) is 0 Å². The molecule has 0 aromatic heterocycles. The average molecular weight is 258 g/mol. The van der Waals surface area contributed by atoms with E-state index >= 15 is 0 Å². The first kappa shape index (κ1) is 13.7. The van der Waals surface area contributed by atoms with Gasteiger partial charge in [-0.3, -0.25) is 10.1 Å². The monoisotopic (exact) mass is 257 g/mol. The molecule has 1 rings (SSSR count). The predicted molar refractivity (Wildman–Crippen MR) is 69.7 cm³/mol. The molecule has 0 heterocycles. The van der Waals surface area contributed by atoms with Crippen LogP contribution < -0.4 is 10.6 Å². The second kappa shape index (κ2) is 6.42. The number of rotatable bonds is 6. The lowest BCUT2D eigenvalue weighted by Gasteiger charge is -2.13. The van der Waals surface area contributed by atoms with Gasteiger partial charge in [0.25, 0.3) is 0 Å². The minimum Gasteiger partial charge on any atom is -0.379 e. The number of hydrogen-bond donors (Lipinski definition) is 2. The maximum atomic E-state index is 10.9. The molecule has 2 N–H and O–H groups in total. The summed E-state index contributed by atoms with van der Waals surface area (Å²) in [6, 6.07) is 4.87. The summed E-state index contributed by atoms with van der Waals surface area (Å²) in [4.78, 5) is 10.4. The first-order chi connectivity index (χ1) is 8.06. The van der Waals surface area contributed by atoms with Gasteiger partial charge in [0.1, 0.15) is 10.7 Å². The van der Waals surface area contributed by atoms with E-state index in [1.807, 2.05) is 7.05 Å². The topological polar surface area (TPSA) is 67.2 Å². The molecule has 1 unspecified atom stereocenters.